The number of hydrogen-bond donors (Lipinski definition) is 0. The van der Waals surface area contributed by atoms with Gasteiger partial charge in [0.05, 0.1) is 12.7 Å². The number of benzene rings is 1. The third kappa shape index (κ3) is 2.92. The van der Waals surface area contributed by atoms with Crippen molar-refractivity contribution in [2.24, 2.45) is 11.8 Å². The third-order valence-electron chi connectivity index (χ3n) is 3.86. The molecule has 3 nitrogen and oxygen atoms in total. The Kier molecular flexibility index (Phi) is 3.74. The molecule has 0 amide bonds. The average molecular weight is 260 g/mol. The summed E-state index contributed by atoms with van der Waals surface area (Å²) in [5.41, 5.74) is 0. The molecule has 1 saturated carbocycles. The van der Waals surface area contributed by atoms with E-state index in [1.54, 1.807) is 0 Å². The van der Waals surface area contributed by atoms with Gasteiger partial charge in [0, 0.05) is 5.92 Å². The first kappa shape index (κ1) is 12.5. The summed E-state index contributed by atoms with van der Waals surface area (Å²) in [7, 11) is 0. The highest BCUT2D eigenvalue weighted by atomic mass is 16.7. The Hall–Kier alpha value is -1.48. The van der Waals surface area contributed by atoms with Gasteiger partial charge >= 0.3 is 0 Å². The number of fused-ring (bicyclic) bond motifs is 2. The summed E-state index contributed by atoms with van der Waals surface area (Å²) >= 11 is 0. The second-order valence-corrected chi connectivity index (χ2v) is 5.15. The van der Waals surface area contributed by atoms with E-state index in [1.165, 1.54) is 6.42 Å². The highest BCUT2D eigenvalue weighted by molar-refractivity contribution is 5.31. The summed E-state index contributed by atoms with van der Waals surface area (Å²) in [6.07, 6.45) is 7.35. The third-order valence-corrected chi connectivity index (χ3v) is 3.86. The van der Waals surface area contributed by atoms with Crippen molar-refractivity contribution in [3.63, 3.8) is 0 Å². The van der Waals surface area contributed by atoms with Crippen molar-refractivity contribution in [1.29, 1.82) is 0 Å². The van der Waals surface area contributed by atoms with E-state index in [4.69, 9.17) is 14.2 Å². The van der Waals surface area contributed by atoms with Crippen LogP contribution in [0.25, 0.3) is 0 Å². The normalized spacial score (nSPS) is 27.7. The van der Waals surface area contributed by atoms with Crippen molar-refractivity contribution >= 4 is 0 Å². The summed E-state index contributed by atoms with van der Waals surface area (Å²) in [5.74, 6) is 3.03. The molecule has 0 radical (unpaired) electrons. The van der Waals surface area contributed by atoms with Crippen molar-refractivity contribution in [3.05, 3.63) is 36.4 Å². The predicted molar refractivity (Wildman–Crippen MR) is 73.3 cm³/mol. The standard InChI is InChI=1S/C16H20O3/c1-2-17-14-5-7-15(8-6-14)18-11-19-16-10-12-3-4-13(16)9-12/h3-8,12-13,16H,2,9-11H2,1H3. The first-order valence-electron chi connectivity index (χ1n) is 7.00. The van der Waals surface area contributed by atoms with Crippen LogP contribution in [-0.2, 0) is 4.74 Å². The molecule has 0 N–H and O–H groups in total. The van der Waals surface area contributed by atoms with E-state index in [0.29, 0.717) is 25.4 Å². The SMILES string of the molecule is CCOc1ccc(OCOC2CC3C=CC2C3)cc1. The van der Waals surface area contributed by atoms with E-state index in [9.17, 15) is 0 Å². The van der Waals surface area contributed by atoms with Gasteiger partial charge in [0.25, 0.3) is 0 Å². The molecule has 0 heterocycles. The summed E-state index contributed by atoms with van der Waals surface area (Å²) < 4.78 is 16.8. The molecule has 19 heavy (non-hydrogen) atoms. The van der Waals surface area contributed by atoms with E-state index in [1.807, 2.05) is 31.2 Å². The Labute approximate surface area is 114 Å². The van der Waals surface area contributed by atoms with Crippen LogP contribution in [-0.4, -0.2) is 19.5 Å². The first-order chi connectivity index (χ1) is 9.35. The lowest BCUT2D eigenvalue weighted by atomic mass is 10.1. The number of allylic oxidation sites excluding steroid dienone is 1. The van der Waals surface area contributed by atoms with Crippen LogP contribution < -0.4 is 9.47 Å². The largest absolute Gasteiger partial charge is 0.494 e. The predicted octanol–water partition coefficient (Wildman–Crippen LogP) is 3.40. The molecule has 1 aromatic carbocycles. The van der Waals surface area contributed by atoms with E-state index in [2.05, 4.69) is 12.2 Å². The fraction of sp³-hybridized carbons (Fsp3) is 0.500. The molecule has 0 saturated heterocycles. The van der Waals surface area contributed by atoms with Crippen LogP contribution in [0.15, 0.2) is 36.4 Å². The molecule has 1 aromatic rings. The van der Waals surface area contributed by atoms with Gasteiger partial charge in [-0.15, -0.1) is 0 Å². The summed E-state index contributed by atoms with van der Waals surface area (Å²) in [6.45, 7) is 2.98. The summed E-state index contributed by atoms with van der Waals surface area (Å²) in [5, 5.41) is 0. The molecule has 2 bridgehead atoms. The van der Waals surface area contributed by atoms with Gasteiger partial charge in [0.2, 0.25) is 0 Å². The molecule has 3 atom stereocenters. The molecule has 3 rings (SSSR count). The lowest BCUT2D eigenvalue weighted by molar-refractivity contribution is -0.0459. The Morgan fingerprint density at radius 3 is 2.32 bits per heavy atom. The molecule has 2 aliphatic rings. The maximum Gasteiger partial charge on any atom is 0.189 e. The van der Waals surface area contributed by atoms with Gasteiger partial charge in [-0.25, -0.2) is 0 Å². The smallest absolute Gasteiger partial charge is 0.189 e. The number of rotatable bonds is 6. The Bertz CT molecular complexity index is 438. The highest BCUT2D eigenvalue weighted by Crippen LogP contribution is 2.40. The zero-order chi connectivity index (χ0) is 13.1. The lowest BCUT2D eigenvalue weighted by Gasteiger charge is -2.19. The lowest BCUT2D eigenvalue weighted by Crippen LogP contribution is -2.20. The van der Waals surface area contributed by atoms with Crippen LogP contribution in [0.4, 0.5) is 0 Å². The Morgan fingerprint density at radius 1 is 1.00 bits per heavy atom. The molecule has 3 unspecified atom stereocenters. The van der Waals surface area contributed by atoms with Gasteiger partial charge in [0.1, 0.15) is 11.5 Å². The van der Waals surface area contributed by atoms with Crippen LogP contribution in [0, 0.1) is 11.8 Å². The summed E-state index contributed by atoms with van der Waals surface area (Å²) in [6, 6.07) is 7.66. The monoisotopic (exact) mass is 260 g/mol. The minimum atomic E-state index is 0.329. The minimum Gasteiger partial charge on any atom is -0.494 e. The average Bonchev–Trinajstić information content (AvgIpc) is 3.03. The Morgan fingerprint density at radius 2 is 1.74 bits per heavy atom. The molecule has 3 heteroatoms. The second-order valence-electron chi connectivity index (χ2n) is 5.15. The quantitative estimate of drug-likeness (QED) is 0.579. The molecule has 1 fully saturated rings. The van der Waals surface area contributed by atoms with Gasteiger partial charge < -0.3 is 14.2 Å². The van der Waals surface area contributed by atoms with Crippen LogP contribution in [0.1, 0.15) is 19.8 Å². The molecule has 102 valence electrons. The molecular weight excluding hydrogens is 240 g/mol. The van der Waals surface area contributed by atoms with Gasteiger partial charge in [-0.3, -0.25) is 0 Å². The van der Waals surface area contributed by atoms with E-state index < -0.39 is 0 Å². The fourth-order valence-corrected chi connectivity index (χ4v) is 2.91. The van der Waals surface area contributed by atoms with Crippen LogP contribution in [0.5, 0.6) is 11.5 Å². The highest BCUT2D eigenvalue weighted by Gasteiger charge is 2.36. The van der Waals surface area contributed by atoms with Crippen molar-refractivity contribution in [2.75, 3.05) is 13.4 Å². The Balaban J connectivity index is 1.43. The van der Waals surface area contributed by atoms with Crippen molar-refractivity contribution in [3.8, 4) is 11.5 Å². The van der Waals surface area contributed by atoms with E-state index >= 15 is 0 Å². The molecule has 0 aliphatic heterocycles. The topological polar surface area (TPSA) is 27.7 Å². The van der Waals surface area contributed by atoms with E-state index in [0.717, 1.165) is 23.8 Å². The fourth-order valence-electron chi connectivity index (χ4n) is 2.91. The maximum absolute atomic E-state index is 5.81. The zero-order valence-electron chi connectivity index (χ0n) is 11.2. The van der Waals surface area contributed by atoms with Crippen molar-refractivity contribution in [1.82, 2.24) is 0 Å². The second kappa shape index (κ2) is 5.66. The van der Waals surface area contributed by atoms with Gasteiger partial charge in [0.15, 0.2) is 6.79 Å². The molecule has 0 aromatic heterocycles. The van der Waals surface area contributed by atoms with Gasteiger partial charge in [-0.05, 0) is 49.9 Å². The maximum atomic E-state index is 5.81. The van der Waals surface area contributed by atoms with Crippen LogP contribution in [0.3, 0.4) is 0 Å². The molecular formula is C16H20O3. The first-order valence-corrected chi connectivity index (χ1v) is 7.00. The van der Waals surface area contributed by atoms with Crippen LogP contribution in [0.2, 0.25) is 0 Å². The zero-order valence-corrected chi connectivity index (χ0v) is 11.2. The number of ether oxygens (including phenoxy) is 3. The summed E-state index contributed by atoms with van der Waals surface area (Å²) in [4.78, 5) is 0. The van der Waals surface area contributed by atoms with Crippen molar-refractivity contribution < 1.29 is 14.2 Å². The molecule has 0 spiro atoms. The number of hydrogen-bond acceptors (Lipinski definition) is 3. The van der Waals surface area contributed by atoms with Gasteiger partial charge in [-0.2, -0.15) is 0 Å². The van der Waals surface area contributed by atoms with Crippen molar-refractivity contribution in [2.45, 2.75) is 25.9 Å². The minimum absolute atomic E-state index is 0.329. The molecule has 2 aliphatic carbocycles. The van der Waals surface area contributed by atoms with Gasteiger partial charge in [-0.1, -0.05) is 12.2 Å². The van der Waals surface area contributed by atoms with E-state index in [-0.39, 0.29) is 0 Å². The van der Waals surface area contributed by atoms with Crippen LogP contribution >= 0.6 is 0 Å².